The van der Waals surface area contributed by atoms with E-state index in [1.165, 1.54) is 24.0 Å². The van der Waals surface area contributed by atoms with Gasteiger partial charge in [0.2, 0.25) is 0 Å². The average Bonchev–Trinajstić information content (AvgIpc) is 3.32. The van der Waals surface area contributed by atoms with Crippen LogP contribution in [0.15, 0.2) is 70.0 Å². The molecule has 154 valence electrons. The van der Waals surface area contributed by atoms with Gasteiger partial charge in [-0.2, -0.15) is 0 Å². The number of rotatable bonds is 5. The standard InChI is InChI=1S/C22H14N2O5S2/c1-13(25)14-2-6-16(7-3-14)23-21(26)20(31-22(23)30)12-18-10-11-19(29-18)15-4-8-17(9-5-15)24(27)28/h2-12H,1H3. The van der Waals surface area contributed by atoms with Gasteiger partial charge < -0.3 is 4.42 Å². The number of nitrogens with zero attached hydrogens (tertiary/aromatic N) is 2. The Morgan fingerprint density at radius 3 is 2.39 bits per heavy atom. The lowest BCUT2D eigenvalue weighted by Gasteiger charge is -2.14. The number of anilines is 1. The first kappa shape index (κ1) is 20.7. The van der Waals surface area contributed by atoms with Crippen LogP contribution >= 0.6 is 24.0 Å². The minimum atomic E-state index is -0.465. The molecule has 0 unspecified atom stereocenters. The van der Waals surface area contributed by atoms with E-state index in [1.807, 2.05) is 0 Å². The van der Waals surface area contributed by atoms with Crippen LogP contribution in [0.3, 0.4) is 0 Å². The van der Waals surface area contributed by atoms with Crippen LogP contribution in [0.1, 0.15) is 23.0 Å². The van der Waals surface area contributed by atoms with Gasteiger partial charge in [0.25, 0.3) is 11.6 Å². The normalized spacial score (nSPS) is 15.0. The van der Waals surface area contributed by atoms with Gasteiger partial charge in [0.1, 0.15) is 11.5 Å². The number of carbonyl (C=O) groups excluding carboxylic acids is 2. The van der Waals surface area contributed by atoms with Crippen LogP contribution in [0.25, 0.3) is 17.4 Å². The van der Waals surface area contributed by atoms with Gasteiger partial charge >= 0.3 is 0 Å². The van der Waals surface area contributed by atoms with Crippen LogP contribution < -0.4 is 4.90 Å². The van der Waals surface area contributed by atoms with Crippen molar-refractivity contribution in [3.8, 4) is 11.3 Å². The Bertz CT molecular complexity index is 1240. The number of amides is 1. The van der Waals surface area contributed by atoms with Crippen molar-refractivity contribution in [1.29, 1.82) is 0 Å². The van der Waals surface area contributed by atoms with Gasteiger partial charge in [-0.3, -0.25) is 24.6 Å². The number of nitro benzene ring substituents is 1. The molecule has 1 saturated heterocycles. The summed E-state index contributed by atoms with van der Waals surface area (Å²) >= 11 is 6.53. The molecule has 4 rings (SSSR count). The molecule has 0 atom stereocenters. The number of carbonyl (C=O) groups is 2. The summed E-state index contributed by atoms with van der Waals surface area (Å²) in [5, 5.41) is 10.8. The second-order valence-electron chi connectivity index (χ2n) is 6.63. The number of non-ortho nitro benzene ring substituents is 1. The Morgan fingerprint density at radius 1 is 1.10 bits per heavy atom. The first-order chi connectivity index (χ1) is 14.8. The number of hydrogen-bond donors (Lipinski definition) is 0. The molecule has 1 fully saturated rings. The van der Waals surface area contributed by atoms with E-state index in [-0.39, 0.29) is 17.4 Å². The van der Waals surface area contributed by atoms with E-state index in [1.54, 1.807) is 54.6 Å². The predicted molar refractivity (Wildman–Crippen MR) is 123 cm³/mol. The number of Topliss-reactive ketones (excluding diaryl/α,β-unsaturated/α-hetero) is 1. The van der Waals surface area contributed by atoms with E-state index in [9.17, 15) is 19.7 Å². The van der Waals surface area contributed by atoms with Crippen molar-refractivity contribution in [1.82, 2.24) is 0 Å². The summed E-state index contributed by atoms with van der Waals surface area (Å²) in [6, 6.07) is 16.1. The number of nitro groups is 1. The smallest absolute Gasteiger partial charge is 0.270 e. The third-order valence-corrected chi connectivity index (χ3v) is 5.89. The minimum absolute atomic E-state index is 0.00413. The van der Waals surface area contributed by atoms with Gasteiger partial charge in [-0.15, -0.1) is 0 Å². The summed E-state index contributed by atoms with van der Waals surface area (Å²) in [7, 11) is 0. The van der Waals surface area contributed by atoms with E-state index in [0.29, 0.717) is 37.6 Å². The number of thioether (sulfide) groups is 1. The zero-order valence-corrected chi connectivity index (χ0v) is 17.7. The van der Waals surface area contributed by atoms with Crippen molar-refractivity contribution < 1.29 is 18.9 Å². The third-order valence-electron chi connectivity index (χ3n) is 4.59. The van der Waals surface area contributed by atoms with Gasteiger partial charge in [0.05, 0.1) is 15.5 Å². The molecule has 1 aromatic heterocycles. The summed E-state index contributed by atoms with van der Waals surface area (Å²) < 4.78 is 6.17. The van der Waals surface area contributed by atoms with Gasteiger partial charge in [0.15, 0.2) is 10.1 Å². The fourth-order valence-electron chi connectivity index (χ4n) is 3.00. The van der Waals surface area contributed by atoms with E-state index in [2.05, 4.69) is 0 Å². The van der Waals surface area contributed by atoms with Crippen molar-refractivity contribution in [2.75, 3.05) is 4.90 Å². The van der Waals surface area contributed by atoms with Gasteiger partial charge in [-0.05, 0) is 55.5 Å². The van der Waals surface area contributed by atoms with E-state index in [0.717, 1.165) is 11.8 Å². The highest BCUT2D eigenvalue weighted by Crippen LogP contribution is 2.36. The fraction of sp³-hybridized carbons (Fsp3) is 0.0455. The van der Waals surface area contributed by atoms with Crippen LogP contribution in [0.5, 0.6) is 0 Å². The highest BCUT2D eigenvalue weighted by Gasteiger charge is 2.33. The zero-order valence-electron chi connectivity index (χ0n) is 16.1. The first-order valence-electron chi connectivity index (χ1n) is 9.07. The van der Waals surface area contributed by atoms with Crippen LogP contribution in [0.2, 0.25) is 0 Å². The number of thiocarbonyl (C=S) groups is 1. The maximum absolute atomic E-state index is 12.9. The quantitative estimate of drug-likeness (QED) is 0.167. The van der Waals surface area contributed by atoms with E-state index >= 15 is 0 Å². The molecule has 2 aromatic carbocycles. The topological polar surface area (TPSA) is 93.7 Å². The molecule has 0 N–H and O–H groups in total. The van der Waals surface area contributed by atoms with Gasteiger partial charge in [-0.25, -0.2) is 0 Å². The molecule has 7 nitrogen and oxygen atoms in total. The van der Waals surface area contributed by atoms with Crippen molar-refractivity contribution in [2.45, 2.75) is 6.92 Å². The summed E-state index contributed by atoms with van der Waals surface area (Å²) in [6.07, 6.45) is 1.61. The lowest BCUT2D eigenvalue weighted by molar-refractivity contribution is -0.384. The number of hydrogen-bond acceptors (Lipinski definition) is 7. The van der Waals surface area contributed by atoms with Crippen LogP contribution in [0.4, 0.5) is 11.4 Å². The molecular formula is C22H14N2O5S2. The van der Waals surface area contributed by atoms with Crippen molar-refractivity contribution >= 4 is 57.4 Å². The Hall–Kier alpha value is -3.56. The lowest BCUT2D eigenvalue weighted by Crippen LogP contribution is -2.27. The SMILES string of the molecule is CC(=O)c1ccc(N2C(=O)C(=Cc3ccc(-c4ccc([N+](=O)[O-])cc4)o3)SC2=S)cc1. The number of ketones is 1. The first-order valence-corrected chi connectivity index (χ1v) is 10.3. The lowest BCUT2D eigenvalue weighted by atomic mass is 10.1. The Morgan fingerprint density at radius 2 is 1.77 bits per heavy atom. The third kappa shape index (κ3) is 4.18. The predicted octanol–water partition coefficient (Wildman–Crippen LogP) is 5.46. The summed E-state index contributed by atoms with van der Waals surface area (Å²) in [4.78, 5) is 36.5. The molecule has 0 radical (unpaired) electrons. The van der Waals surface area contributed by atoms with E-state index < -0.39 is 4.92 Å². The second-order valence-corrected chi connectivity index (χ2v) is 8.30. The zero-order chi connectivity index (χ0) is 22.1. The van der Waals surface area contributed by atoms with Crippen LogP contribution in [-0.4, -0.2) is 20.9 Å². The average molecular weight is 450 g/mol. The molecule has 31 heavy (non-hydrogen) atoms. The monoisotopic (exact) mass is 450 g/mol. The molecule has 3 aromatic rings. The number of furan rings is 1. The Balaban J connectivity index is 1.56. The van der Waals surface area contributed by atoms with Gasteiger partial charge in [0, 0.05) is 29.3 Å². The summed E-state index contributed by atoms with van der Waals surface area (Å²) in [5.74, 6) is 0.648. The highest BCUT2D eigenvalue weighted by atomic mass is 32.2. The van der Waals surface area contributed by atoms with Gasteiger partial charge in [-0.1, -0.05) is 24.0 Å². The summed E-state index contributed by atoms with van der Waals surface area (Å²) in [6.45, 7) is 1.48. The van der Waals surface area contributed by atoms with Crippen LogP contribution in [-0.2, 0) is 4.79 Å². The molecule has 0 aliphatic carbocycles. The van der Waals surface area contributed by atoms with Crippen molar-refractivity contribution in [3.63, 3.8) is 0 Å². The molecule has 1 aliphatic rings. The molecule has 1 amide bonds. The molecule has 0 bridgehead atoms. The molecule has 1 aliphatic heterocycles. The fourth-order valence-corrected chi connectivity index (χ4v) is 4.28. The number of benzene rings is 2. The largest absolute Gasteiger partial charge is 0.457 e. The molecule has 0 saturated carbocycles. The Labute approximate surface area is 186 Å². The van der Waals surface area contributed by atoms with Crippen LogP contribution in [0, 0.1) is 10.1 Å². The highest BCUT2D eigenvalue weighted by molar-refractivity contribution is 8.27. The van der Waals surface area contributed by atoms with Crippen molar-refractivity contribution in [3.05, 3.63) is 87.0 Å². The van der Waals surface area contributed by atoms with Crippen molar-refractivity contribution in [2.24, 2.45) is 0 Å². The minimum Gasteiger partial charge on any atom is -0.457 e. The maximum atomic E-state index is 12.9. The molecular weight excluding hydrogens is 436 g/mol. The summed E-state index contributed by atoms with van der Waals surface area (Å²) in [5.41, 5.74) is 1.82. The molecule has 9 heteroatoms. The second kappa shape index (κ2) is 8.29. The molecule has 2 heterocycles. The van der Waals surface area contributed by atoms with E-state index in [4.69, 9.17) is 16.6 Å². The Kier molecular flexibility index (Phi) is 5.53. The maximum Gasteiger partial charge on any atom is 0.270 e. The molecule has 0 spiro atoms.